The Balaban J connectivity index is 1.95. The van der Waals surface area contributed by atoms with Crippen LogP contribution in [0, 0.1) is 13.8 Å². The predicted octanol–water partition coefficient (Wildman–Crippen LogP) is 0.942. The number of nitrogens with two attached hydrogens (primary N) is 1. The zero-order chi connectivity index (χ0) is 15.8. The van der Waals surface area contributed by atoms with Gasteiger partial charge >= 0.3 is 0 Å². The summed E-state index contributed by atoms with van der Waals surface area (Å²) in [6, 6.07) is 0. The second-order valence-corrected chi connectivity index (χ2v) is 6.80. The standard InChI is InChI=1S/C15H28N4O2/c1-10-6-18(9-15(4,5)21-10)7-13(20)8-19-12(3)14(16)11(2)17-19/h10,13,20H,6-9,16H2,1-5H3. The number of rotatable bonds is 4. The van der Waals surface area contributed by atoms with Crippen LogP contribution in [0.15, 0.2) is 0 Å². The van der Waals surface area contributed by atoms with Gasteiger partial charge in [0.05, 0.1) is 41.4 Å². The summed E-state index contributed by atoms with van der Waals surface area (Å²) in [6.07, 6.45) is -0.284. The summed E-state index contributed by atoms with van der Waals surface area (Å²) in [4.78, 5) is 2.26. The van der Waals surface area contributed by atoms with E-state index in [-0.39, 0.29) is 11.7 Å². The van der Waals surface area contributed by atoms with Crippen LogP contribution in [-0.4, -0.2) is 57.2 Å². The lowest BCUT2D eigenvalue weighted by Crippen LogP contribution is -2.53. The average molecular weight is 296 g/mol. The maximum Gasteiger partial charge on any atom is 0.0862 e. The van der Waals surface area contributed by atoms with Gasteiger partial charge in [-0.05, 0) is 34.6 Å². The number of β-amino-alcohol motifs (C(OH)–C–C–N with tert-alkyl or cyclic N) is 1. The number of morpholine rings is 1. The van der Waals surface area contributed by atoms with Crippen molar-refractivity contribution in [3.8, 4) is 0 Å². The van der Waals surface area contributed by atoms with Crippen LogP contribution in [0.1, 0.15) is 32.2 Å². The van der Waals surface area contributed by atoms with Gasteiger partial charge in [0.2, 0.25) is 0 Å². The number of hydrogen-bond donors (Lipinski definition) is 2. The first-order valence-corrected chi connectivity index (χ1v) is 7.55. The number of ether oxygens (including phenoxy) is 1. The molecule has 0 radical (unpaired) electrons. The number of aliphatic hydroxyl groups excluding tert-OH is 1. The van der Waals surface area contributed by atoms with Gasteiger partial charge in [-0.1, -0.05) is 0 Å². The third-order valence-corrected chi connectivity index (χ3v) is 3.93. The van der Waals surface area contributed by atoms with E-state index in [1.807, 2.05) is 13.8 Å². The number of hydrogen-bond acceptors (Lipinski definition) is 5. The molecule has 2 rings (SSSR count). The van der Waals surface area contributed by atoms with Gasteiger partial charge in [-0.2, -0.15) is 5.10 Å². The zero-order valence-electron chi connectivity index (χ0n) is 13.8. The molecule has 1 aromatic heterocycles. The molecule has 3 N–H and O–H groups in total. The van der Waals surface area contributed by atoms with Gasteiger partial charge in [0.25, 0.3) is 0 Å². The van der Waals surface area contributed by atoms with Crippen molar-refractivity contribution < 1.29 is 9.84 Å². The van der Waals surface area contributed by atoms with E-state index >= 15 is 0 Å². The van der Waals surface area contributed by atoms with Gasteiger partial charge < -0.3 is 15.6 Å². The summed E-state index contributed by atoms with van der Waals surface area (Å²) in [7, 11) is 0. The van der Waals surface area contributed by atoms with E-state index in [9.17, 15) is 5.11 Å². The maximum absolute atomic E-state index is 10.4. The predicted molar refractivity (Wildman–Crippen MR) is 83.2 cm³/mol. The number of aliphatic hydroxyl groups is 1. The van der Waals surface area contributed by atoms with Crippen LogP contribution in [0.25, 0.3) is 0 Å². The van der Waals surface area contributed by atoms with E-state index in [4.69, 9.17) is 10.5 Å². The van der Waals surface area contributed by atoms with Crippen LogP contribution in [-0.2, 0) is 11.3 Å². The Morgan fingerprint density at radius 1 is 1.43 bits per heavy atom. The lowest BCUT2D eigenvalue weighted by atomic mass is 10.1. The fourth-order valence-corrected chi connectivity index (χ4v) is 3.17. The molecule has 0 amide bonds. The number of aromatic nitrogens is 2. The smallest absolute Gasteiger partial charge is 0.0862 e. The molecule has 2 atom stereocenters. The molecule has 0 bridgehead atoms. The van der Waals surface area contributed by atoms with E-state index in [1.54, 1.807) is 4.68 Å². The zero-order valence-corrected chi connectivity index (χ0v) is 13.8. The Kier molecular flexibility index (Phi) is 4.60. The lowest BCUT2D eigenvalue weighted by molar-refractivity contribution is -0.134. The highest BCUT2D eigenvalue weighted by Gasteiger charge is 2.32. The summed E-state index contributed by atoms with van der Waals surface area (Å²) in [5, 5.41) is 14.7. The molecule has 1 aliphatic rings. The van der Waals surface area contributed by atoms with E-state index < -0.39 is 6.10 Å². The maximum atomic E-state index is 10.4. The van der Waals surface area contributed by atoms with E-state index in [0.29, 0.717) is 18.8 Å². The summed E-state index contributed by atoms with van der Waals surface area (Å²) < 4.78 is 7.68. The first-order chi connectivity index (χ1) is 9.68. The molecule has 0 aliphatic carbocycles. The largest absolute Gasteiger partial charge is 0.396 e. The van der Waals surface area contributed by atoms with Crippen LogP contribution in [0.5, 0.6) is 0 Å². The van der Waals surface area contributed by atoms with Crippen LogP contribution in [0.4, 0.5) is 5.69 Å². The van der Waals surface area contributed by atoms with Crippen molar-refractivity contribution in [1.82, 2.24) is 14.7 Å². The van der Waals surface area contributed by atoms with Crippen molar-refractivity contribution in [1.29, 1.82) is 0 Å². The molecule has 0 aromatic carbocycles. The molecule has 1 saturated heterocycles. The highest BCUT2D eigenvalue weighted by atomic mass is 16.5. The van der Waals surface area contributed by atoms with Crippen molar-refractivity contribution in [3.05, 3.63) is 11.4 Å². The SMILES string of the molecule is Cc1nn(CC(O)CN2CC(C)OC(C)(C)C2)c(C)c1N. The molecule has 2 heterocycles. The number of anilines is 1. The van der Waals surface area contributed by atoms with Crippen molar-refractivity contribution in [2.75, 3.05) is 25.4 Å². The molecule has 120 valence electrons. The first-order valence-electron chi connectivity index (χ1n) is 7.55. The molecular formula is C15H28N4O2. The Hall–Kier alpha value is -1.11. The second kappa shape index (κ2) is 5.94. The van der Waals surface area contributed by atoms with Crippen molar-refractivity contribution in [2.45, 2.75) is 59.0 Å². The third kappa shape index (κ3) is 3.96. The molecular weight excluding hydrogens is 268 g/mol. The van der Waals surface area contributed by atoms with Gasteiger partial charge in [-0.3, -0.25) is 9.58 Å². The Labute approximate surface area is 126 Å². The van der Waals surface area contributed by atoms with E-state index in [0.717, 1.165) is 24.5 Å². The first kappa shape index (κ1) is 16.3. The van der Waals surface area contributed by atoms with Crippen molar-refractivity contribution in [3.63, 3.8) is 0 Å². The third-order valence-electron chi connectivity index (χ3n) is 3.93. The summed E-state index contributed by atoms with van der Waals surface area (Å²) in [6.45, 7) is 12.8. The van der Waals surface area contributed by atoms with E-state index in [1.165, 1.54) is 0 Å². The van der Waals surface area contributed by atoms with Gasteiger partial charge in [-0.25, -0.2) is 0 Å². The monoisotopic (exact) mass is 296 g/mol. The highest BCUT2D eigenvalue weighted by Crippen LogP contribution is 2.21. The summed E-state index contributed by atoms with van der Waals surface area (Å²) in [5.74, 6) is 0. The Morgan fingerprint density at radius 2 is 2.10 bits per heavy atom. The van der Waals surface area contributed by atoms with Crippen LogP contribution in [0.3, 0.4) is 0 Å². The van der Waals surface area contributed by atoms with Crippen LogP contribution < -0.4 is 5.73 Å². The van der Waals surface area contributed by atoms with Crippen molar-refractivity contribution in [2.24, 2.45) is 0 Å². The Bertz CT molecular complexity index is 498. The van der Waals surface area contributed by atoms with E-state index in [2.05, 4.69) is 30.8 Å². The molecule has 1 aliphatic heterocycles. The molecule has 0 spiro atoms. The number of aryl methyl sites for hydroxylation is 1. The quantitative estimate of drug-likeness (QED) is 0.865. The minimum absolute atomic E-state index is 0.167. The fourth-order valence-electron chi connectivity index (χ4n) is 3.17. The molecule has 6 heteroatoms. The number of nitrogen functional groups attached to an aromatic ring is 1. The molecule has 0 saturated carbocycles. The Morgan fingerprint density at radius 3 is 2.62 bits per heavy atom. The summed E-state index contributed by atoms with van der Waals surface area (Å²) >= 11 is 0. The van der Waals surface area contributed by atoms with Gasteiger partial charge in [-0.15, -0.1) is 0 Å². The topological polar surface area (TPSA) is 76.5 Å². The van der Waals surface area contributed by atoms with Gasteiger partial charge in [0.1, 0.15) is 0 Å². The summed E-state index contributed by atoms with van der Waals surface area (Å²) in [5.41, 5.74) is 8.21. The molecule has 6 nitrogen and oxygen atoms in total. The van der Waals surface area contributed by atoms with Crippen molar-refractivity contribution >= 4 is 5.69 Å². The average Bonchev–Trinajstić information content (AvgIpc) is 2.54. The highest BCUT2D eigenvalue weighted by molar-refractivity contribution is 5.46. The second-order valence-electron chi connectivity index (χ2n) is 6.80. The van der Waals surface area contributed by atoms with Gasteiger partial charge in [0.15, 0.2) is 0 Å². The minimum Gasteiger partial charge on any atom is -0.396 e. The van der Waals surface area contributed by atoms with Crippen LogP contribution >= 0.6 is 0 Å². The minimum atomic E-state index is -0.469. The number of nitrogens with zero attached hydrogens (tertiary/aromatic N) is 3. The lowest BCUT2D eigenvalue weighted by Gasteiger charge is -2.42. The molecule has 1 aromatic rings. The van der Waals surface area contributed by atoms with Gasteiger partial charge in [0, 0.05) is 19.6 Å². The molecule has 21 heavy (non-hydrogen) atoms. The molecule has 1 fully saturated rings. The normalized spacial score (nSPS) is 24.2. The van der Waals surface area contributed by atoms with Crippen LogP contribution in [0.2, 0.25) is 0 Å². The fraction of sp³-hybridized carbons (Fsp3) is 0.800. The molecule has 2 unspecified atom stereocenters.